The van der Waals surface area contributed by atoms with Crippen LogP contribution in [0.15, 0.2) is 0 Å². The second-order valence-corrected chi connectivity index (χ2v) is 5.21. The van der Waals surface area contributed by atoms with E-state index in [4.69, 9.17) is 0 Å². The molecule has 0 saturated carbocycles. The first-order valence-corrected chi connectivity index (χ1v) is 5.38. The van der Waals surface area contributed by atoms with Crippen LogP contribution in [0.25, 0.3) is 0 Å². The van der Waals surface area contributed by atoms with Gasteiger partial charge in [-0.25, -0.2) is 17.2 Å². The Balaban J connectivity index is 4.25. The van der Waals surface area contributed by atoms with Crippen LogP contribution in [0.3, 0.4) is 0 Å². The predicted molar refractivity (Wildman–Crippen MR) is 39.9 cm³/mol. The van der Waals surface area contributed by atoms with Crippen molar-refractivity contribution in [1.29, 1.82) is 0 Å². The van der Waals surface area contributed by atoms with Gasteiger partial charge < -0.3 is 0 Å². The van der Waals surface area contributed by atoms with Crippen LogP contribution < -0.4 is 0 Å². The Bertz CT molecular complexity index is 274. The smallest absolute Gasteiger partial charge is 0.228 e. The summed E-state index contributed by atoms with van der Waals surface area (Å²) in [6.07, 6.45) is -5.97. The van der Waals surface area contributed by atoms with Gasteiger partial charge >= 0.3 is 6.18 Å². The summed E-state index contributed by atoms with van der Waals surface area (Å²) in [5.74, 6) is -6.47. The molecule has 0 aromatic heterocycles. The summed E-state index contributed by atoms with van der Waals surface area (Å²) in [7, 11) is -4.48. The van der Waals surface area contributed by atoms with Gasteiger partial charge in [-0.05, 0) is 6.92 Å². The van der Waals surface area contributed by atoms with Gasteiger partial charge in [-0.1, -0.05) is 0 Å². The van der Waals surface area contributed by atoms with E-state index < -0.39 is 39.9 Å². The molecule has 0 aliphatic heterocycles. The second kappa shape index (κ2) is 4.00. The zero-order valence-corrected chi connectivity index (χ0v) is 8.05. The van der Waals surface area contributed by atoms with Gasteiger partial charge in [-0.2, -0.15) is 13.2 Å². The number of sulfone groups is 1. The summed E-state index contributed by atoms with van der Waals surface area (Å²) >= 11 is 0. The summed E-state index contributed by atoms with van der Waals surface area (Å²) in [4.78, 5) is 0. The number of hydrogen-bond acceptors (Lipinski definition) is 2. The highest BCUT2D eigenvalue weighted by atomic mass is 32.2. The fraction of sp³-hybridized carbons (Fsp3) is 1.00. The first-order chi connectivity index (χ1) is 5.91. The molecule has 0 aromatic carbocycles. The lowest BCUT2D eigenvalue weighted by Gasteiger charge is -2.11. The molecule has 0 aliphatic rings. The minimum atomic E-state index is -4.87. The van der Waals surface area contributed by atoms with Gasteiger partial charge in [0.05, 0.1) is 5.75 Å². The van der Waals surface area contributed by atoms with Crippen LogP contribution in [0, 0.1) is 0 Å². The van der Waals surface area contributed by atoms with Crippen molar-refractivity contribution in [2.24, 2.45) is 0 Å². The highest BCUT2D eigenvalue weighted by molar-refractivity contribution is 7.91. The average Bonchev–Trinajstić information content (AvgIpc) is 1.76. The molecule has 0 heterocycles. The molecule has 0 rings (SSSR count). The lowest BCUT2D eigenvalue weighted by Crippen LogP contribution is -2.27. The Kier molecular flexibility index (Phi) is 3.88. The molecule has 0 atom stereocenters. The Labute approximate surface area is 78.0 Å². The maximum absolute atomic E-state index is 12.1. The summed E-state index contributed by atoms with van der Waals surface area (Å²) in [5, 5.41) is 0. The standard InChI is InChI=1S/C6H9F5O2S/c1-5(7,8)2-3-14(12,13)4-6(9,10)11/h2-4H2,1H3. The Hall–Kier alpha value is -0.400. The van der Waals surface area contributed by atoms with Crippen LogP contribution in [-0.2, 0) is 9.84 Å². The molecule has 2 nitrogen and oxygen atoms in total. The van der Waals surface area contributed by atoms with E-state index in [1.807, 2.05) is 0 Å². The van der Waals surface area contributed by atoms with Crippen molar-refractivity contribution < 1.29 is 30.4 Å². The van der Waals surface area contributed by atoms with Crippen molar-refractivity contribution >= 4 is 9.84 Å². The van der Waals surface area contributed by atoms with Crippen LogP contribution in [-0.4, -0.2) is 32.0 Å². The summed E-state index contributed by atoms with van der Waals surface area (Å²) in [5.41, 5.74) is 0. The summed E-state index contributed by atoms with van der Waals surface area (Å²) < 4.78 is 80.4. The summed E-state index contributed by atoms with van der Waals surface area (Å²) in [6.45, 7) is 0.454. The van der Waals surface area contributed by atoms with Crippen LogP contribution >= 0.6 is 0 Å². The average molecular weight is 240 g/mol. The molecule has 0 unspecified atom stereocenters. The van der Waals surface area contributed by atoms with Crippen molar-refractivity contribution in [1.82, 2.24) is 0 Å². The number of alkyl halides is 5. The molecule has 8 heteroatoms. The molecule has 0 fully saturated rings. The third kappa shape index (κ3) is 8.21. The molecule has 0 aromatic rings. The van der Waals surface area contributed by atoms with Gasteiger partial charge in [0.25, 0.3) is 0 Å². The zero-order valence-electron chi connectivity index (χ0n) is 7.24. The lowest BCUT2D eigenvalue weighted by molar-refractivity contribution is -0.106. The zero-order chi connectivity index (χ0) is 11.6. The van der Waals surface area contributed by atoms with Crippen molar-refractivity contribution in [3.05, 3.63) is 0 Å². The van der Waals surface area contributed by atoms with Gasteiger partial charge in [-0.3, -0.25) is 0 Å². The van der Waals surface area contributed by atoms with E-state index in [1.165, 1.54) is 0 Å². The van der Waals surface area contributed by atoms with Gasteiger partial charge in [0.15, 0.2) is 9.84 Å². The van der Waals surface area contributed by atoms with Gasteiger partial charge in [0.2, 0.25) is 5.92 Å². The number of hydrogen-bond donors (Lipinski definition) is 0. The van der Waals surface area contributed by atoms with E-state index >= 15 is 0 Å². The molecule has 0 bridgehead atoms. The first-order valence-electron chi connectivity index (χ1n) is 3.56. The minimum absolute atomic E-state index is 0.454. The van der Waals surface area contributed by atoms with Crippen molar-refractivity contribution in [2.75, 3.05) is 11.5 Å². The molecule has 0 amide bonds. The minimum Gasteiger partial charge on any atom is -0.228 e. The van der Waals surface area contributed by atoms with Gasteiger partial charge in [0, 0.05) is 6.42 Å². The maximum atomic E-state index is 12.1. The quantitative estimate of drug-likeness (QED) is 0.704. The largest absolute Gasteiger partial charge is 0.402 e. The topological polar surface area (TPSA) is 34.1 Å². The second-order valence-electron chi connectivity index (χ2n) is 3.03. The fourth-order valence-corrected chi connectivity index (χ4v) is 1.97. The number of halogens is 5. The van der Waals surface area contributed by atoms with E-state index in [0.29, 0.717) is 6.92 Å². The Morgan fingerprint density at radius 1 is 1.07 bits per heavy atom. The van der Waals surface area contributed by atoms with Gasteiger partial charge in [0.1, 0.15) is 5.75 Å². The van der Waals surface area contributed by atoms with Crippen LogP contribution in [0.4, 0.5) is 22.0 Å². The van der Waals surface area contributed by atoms with Crippen LogP contribution in [0.2, 0.25) is 0 Å². The van der Waals surface area contributed by atoms with Gasteiger partial charge in [-0.15, -0.1) is 0 Å². The maximum Gasteiger partial charge on any atom is 0.402 e. The molecule has 86 valence electrons. The highest BCUT2D eigenvalue weighted by Gasteiger charge is 2.36. The SMILES string of the molecule is CC(F)(F)CCS(=O)(=O)CC(F)(F)F. The normalized spacial score (nSPS) is 14.4. The lowest BCUT2D eigenvalue weighted by atomic mass is 10.3. The van der Waals surface area contributed by atoms with Crippen LogP contribution in [0.5, 0.6) is 0 Å². The first kappa shape index (κ1) is 13.6. The third-order valence-corrected chi connectivity index (χ3v) is 2.83. The summed E-state index contributed by atoms with van der Waals surface area (Å²) in [6, 6.07) is 0. The highest BCUT2D eigenvalue weighted by Crippen LogP contribution is 2.21. The van der Waals surface area contributed by atoms with E-state index in [0.717, 1.165) is 0 Å². The fourth-order valence-electron chi connectivity index (χ4n) is 0.656. The molecule has 0 saturated heterocycles. The van der Waals surface area contributed by atoms with Crippen molar-refractivity contribution in [3.8, 4) is 0 Å². The molecular formula is C6H9F5O2S. The van der Waals surface area contributed by atoms with E-state index in [2.05, 4.69) is 0 Å². The molecule has 0 radical (unpaired) electrons. The number of rotatable bonds is 4. The van der Waals surface area contributed by atoms with Crippen molar-refractivity contribution in [2.45, 2.75) is 25.4 Å². The molecular weight excluding hydrogens is 231 g/mol. The van der Waals surface area contributed by atoms with E-state index in [1.54, 1.807) is 0 Å². The van der Waals surface area contributed by atoms with E-state index in [-0.39, 0.29) is 0 Å². The van der Waals surface area contributed by atoms with E-state index in [9.17, 15) is 30.4 Å². The van der Waals surface area contributed by atoms with Crippen LogP contribution in [0.1, 0.15) is 13.3 Å². The molecule has 0 N–H and O–H groups in total. The molecule has 0 aliphatic carbocycles. The monoisotopic (exact) mass is 240 g/mol. The Morgan fingerprint density at radius 2 is 1.50 bits per heavy atom. The third-order valence-electron chi connectivity index (χ3n) is 1.24. The predicted octanol–water partition coefficient (Wildman–Crippen LogP) is 2.01. The molecule has 14 heavy (non-hydrogen) atoms. The Morgan fingerprint density at radius 3 is 1.79 bits per heavy atom. The molecule has 0 spiro atoms. The van der Waals surface area contributed by atoms with Crippen molar-refractivity contribution in [3.63, 3.8) is 0 Å².